The zero-order valence-electron chi connectivity index (χ0n) is 7.26. The van der Waals surface area contributed by atoms with E-state index in [4.69, 9.17) is 4.55 Å². The first-order valence-corrected chi connectivity index (χ1v) is 5.27. The molecule has 1 aliphatic carbocycles. The highest BCUT2D eigenvalue weighted by Gasteiger charge is 2.31. The van der Waals surface area contributed by atoms with E-state index in [9.17, 15) is 9.32 Å². The first kappa shape index (κ1) is 10.8. The van der Waals surface area contributed by atoms with Crippen LogP contribution in [-0.4, -0.2) is 26.1 Å². The Labute approximate surface area is 80.1 Å². The average Bonchev–Trinajstić information content (AvgIpc) is 2.08. The van der Waals surface area contributed by atoms with Crippen molar-refractivity contribution in [3.05, 3.63) is 12.7 Å². The van der Waals surface area contributed by atoms with Crippen LogP contribution < -0.4 is 0 Å². The van der Waals surface area contributed by atoms with Gasteiger partial charge in [-0.2, -0.15) is 4.21 Å². The third kappa shape index (κ3) is 2.87. The molecule has 0 heterocycles. The smallest absolute Gasteiger partial charge is 0.302 e. The fourth-order valence-electron chi connectivity index (χ4n) is 1.64. The van der Waals surface area contributed by atoms with Gasteiger partial charge in [-0.25, -0.2) is 0 Å². The molecule has 0 saturated heterocycles. The average molecular weight is 206 g/mol. The number of rotatable bonds is 3. The van der Waals surface area contributed by atoms with Crippen LogP contribution in [0.1, 0.15) is 19.3 Å². The fraction of sp³-hybridized carbons (Fsp3) is 0.750. The Balaban J connectivity index is 2.54. The summed E-state index contributed by atoms with van der Waals surface area (Å²) < 4.78 is 23.5. The minimum absolute atomic E-state index is 0.0256. The lowest BCUT2D eigenvalue weighted by atomic mass is 9.85. The van der Waals surface area contributed by atoms with Gasteiger partial charge in [-0.3, -0.25) is 8.74 Å². The summed E-state index contributed by atoms with van der Waals surface area (Å²) in [6.45, 7) is 3.59. The zero-order valence-corrected chi connectivity index (χ0v) is 8.07. The summed E-state index contributed by atoms with van der Waals surface area (Å²) in [7, 11) is 0. The molecule has 4 nitrogen and oxygen atoms in total. The summed E-state index contributed by atoms with van der Waals surface area (Å²) in [6.07, 6.45) is 2.79. The Bertz CT molecular complexity index is 206. The molecule has 0 aromatic heterocycles. The molecule has 4 atom stereocenters. The Morgan fingerprint density at radius 3 is 2.77 bits per heavy atom. The van der Waals surface area contributed by atoms with E-state index in [0.29, 0.717) is 6.42 Å². The predicted octanol–water partition coefficient (Wildman–Crippen LogP) is 0.855. The van der Waals surface area contributed by atoms with Crippen LogP contribution in [0.15, 0.2) is 12.7 Å². The van der Waals surface area contributed by atoms with Crippen LogP contribution in [-0.2, 0) is 15.5 Å². The Hall–Kier alpha value is -0.230. The van der Waals surface area contributed by atoms with Crippen molar-refractivity contribution in [2.45, 2.75) is 31.5 Å². The molecule has 1 saturated carbocycles. The molecule has 1 fully saturated rings. The largest absolute Gasteiger partial charge is 0.390 e. The first-order valence-electron chi connectivity index (χ1n) is 4.23. The number of aliphatic hydroxyl groups excluding tert-OH is 1. The second kappa shape index (κ2) is 4.85. The van der Waals surface area contributed by atoms with Gasteiger partial charge in [-0.1, -0.05) is 12.5 Å². The van der Waals surface area contributed by atoms with Gasteiger partial charge in [-0.05, 0) is 12.8 Å². The summed E-state index contributed by atoms with van der Waals surface area (Å²) >= 11 is -2.30. The van der Waals surface area contributed by atoms with Crippen molar-refractivity contribution < 1.29 is 18.1 Å². The van der Waals surface area contributed by atoms with Crippen molar-refractivity contribution in [2.24, 2.45) is 5.92 Å². The molecular formula is C8H14O4S. The van der Waals surface area contributed by atoms with E-state index in [1.807, 2.05) is 0 Å². The van der Waals surface area contributed by atoms with E-state index in [0.717, 1.165) is 12.8 Å². The van der Waals surface area contributed by atoms with Gasteiger partial charge in [0.2, 0.25) is 0 Å². The molecule has 0 aromatic carbocycles. The normalized spacial score (nSPS) is 36.9. The van der Waals surface area contributed by atoms with Crippen molar-refractivity contribution in [1.82, 2.24) is 0 Å². The Morgan fingerprint density at radius 2 is 2.23 bits per heavy atom. The summed E-state index contributed by atoms with van der Waals surface area (Å²) in [4.78, 5) is 0. The van der Waals surface area contributed by atoms with Crippen LogP contribution in [0, 0.1) is 5.92 Å². The summed E-state index contributed by atoms with van der Waals surface area (Å²) in [5.41, 5.74) is 0. The molecule has 0 bridgehead atoms. The van der Waals surface area contributed by atoms with E-state index < -0.39 is 23.6 Å². The third-order valence-corrected chi connectivity index (χ3v) is 2.77. The fourth-order valence-corrected chi connectivity index (χ4v) is 2.06. The lowest BCUT2D eigenvalue weighted by Crippen LogP contribution is -2.38. The van der Waals surface area contributed by atoms with Crippen LogP contribution in [0.25, 0.3) is 0 Å². The van der Waals surface area contributed by atoms with Crippen LogP contribution in [0.3, 0.4) is 0 Å². The monoisotopic (exact) mass is 206 g/mol. The molecule has 5 heteroatoms. The summed E-state index contributed by atoms with van der Waals surface area (Å²) in [5.74, 6) is -0.0256. The van der Waals surface area contributed by atoms with E-state index in [1.165, 1.54) is 0 Å². The second-order valence-electron chi connectivity index (χ2n) is 3.17. The molecule has 0 aromatic rings. The molecule has 4 unspecified atom stereocenters. The molecule has 0 amide bonds. The van der Waals surface area contributed by atoms with Crippen molar-refractivity contribution in [1.29, 1.82) is 0 Å². The summed E-state index contributed by atoms with van der Waals surface area (Å²) in [6, 6.07) is 0. The van der Waals surface area contributed by atoms with Gasteiger partial charge in [0, 0.05) is 5.92 Å². The molecule has 1 rings (SSSR count). The maximum atomic E-state index is 10.4. The first-order chi connectivity index (χ1) is 6.15. The second-order valence-corrected chi connectivity index (χ2v) is 3.80. The molecule has 0 radical (unpaired) electrons. The van der Waals surface area contributed by atoms with Crippen molar-refractivity contribution in [2.75, 3.05) is 0 Å². The van der Waals surface area contributed by atoms with Gasteiger partial charge >= 0.3 is 11.4 Å². The van der Waals surface area contributed by atoms with Crippen molar-refractivity contribution in [3.8, 4) is 0 Å². The SMILES string of the molecule is C=CC1CCCC(OS(=O)O)C1O. The highest BCUT2D eigenvalue weighted by molar-refractivity contribution is 7.74. The van der Waals surface area contributed by atoms with E-state index in [2.05, 4.69) is 10.8 Å². The van der Waals surface area contributed by atoms with Crippen molar-refractivity contribution in [3.63, 3.8) is 0 Å². The van der Waals surface area contributed by atoms with Gasteiger partial charge in [0.25, 0.3) is 0 Å². The minimum atomic E-state index is -2.30. The lowest BCUT2D eigenvalue weighted by Gasteiger charge is -2.31. The zero-order chi connectivity index (χ0) is 9.84. The van der Waals surface area contributed by atoms with Crippen LogP contribution >= 0.6 is 0 Å². The maximum Gasteiger partial charge on any atom is 0.302 e. The van der Waals surface area contributed by atoms with E-state index in [1.54, 1.807) is 6.08 Å². The Kier molecular flexibility index (Phi) is 4.05. The highest BCUT2D eigenvalue weighted by atomic mass is 32.2. The Morgan fingerprint density at radius 1 is 1.54 bits per heavy atom. The molecule has 0 aliphatic heterocycles. The highest BCUT2D eigenvalue weighted by Crippen LogP contribution is 2.27. The number of hydrogen-bond acceptors (Lipinski definition) is 3. The van der Waals surface area contributed by atoms with Gasteiger partial charge in [0.05, 0.1) is 6.10 Å². The molecule has 13 heavy (non-hydrogen) atoms. The van der Waals surface area contributed by atoms with E-state index >= 15 is 0 Å². The maximum absolute atomic E-state index is 10.4. The minimum Gasteiger partial charge on any atom is -0.390 e. The lowest BCUT2D eigenvalue weighted by molar-refractivity contribution is -0.0145. The van der Waals surface area contributed by atoms with Crippen molar-refractivity contribution >= 4 is 11.4 Å². The number of hydrogen-bond donors (Lipinski definition) is 2. The van der Waals surface area contributed by atoms with Crippen LogP contribution in [0.2, 0.25) is 0 Å². The molecule has 2 N–H and O–H groups in total. The molecule has 76 valence electrons. The molecule has 0 spiro atoms. The molecule has 1 aliphatic rings. The van der Waals surface area contributed by atoms with Crippen LogP contribution in [0.5, 0.6) is 0 Å². The molecular weight excluding hydrogens is 192 g/mol. The standard InChI is InChI=1S/C8H14O4S/c1-2-6-4-3-5-7(8(6)9)12-13(10)11/h2,6-9H,1,3-5H2,(H,10,11). The van der Waals surface area contributed by atoms with Crippen LogP contribution in [0.4, 0.5) is 0 Å². The van der Waals surface area contributed by atoms with E-state index in [-0.39, 0.29) is 5.92 Å². The quantitative estimate of drug-likeness (QED) is 0.531. The van der Waals surface area contributed by atoms with Gasteiger partial charge in [0.15, 0.2) is 0 Å². The number of aliphatic hydroxyl groups is 1. The summed E-state index contributed by atoms with van der Waals surface area (Å²) in [5, 5.41) is 9.64. The van der Waals surface area contributed by atoms with Gasteiger partial charge in [0.1, 0.15) is 6.10 Å². The topological polar surface area (TPSA) is 66.8 Å². The third-order valence-electron chi connectivity index (χ3n) is 2.35. The van der Waals surface area contributed by atoms with Gasteiger partial charge < -0.3 is 5.11 Å². The van der Waals surface area contributed by atoms with Gasteiger partial charge in [-0.15, -0.1) is 6.58 Å². The predicted molar refractivity (Wildman–Crippen MR) is 49.2 cm³/mol.